The van der Waals surface area contributed by atoms with Crippen molar-refractivity contribution < 1.29 is 184 Å². The molecule has 0 unspecified atom stereocenters. The maximum atomic E-state index is 8.62. The molecule has 36 nitrogen and oxygen atoms in total. The van der Waals surface area contributed by atoms with Crippen molar-refractivity contribution in [2.75, 3.05) is 0 Å². The van der Waals surface area contributed by atoms with Crippen molar-refractivity contribution >= 4 is 148 Å². The van der Waals surface area contributed by atoms with Crippen molar-refractivity contribution in [1.29, 1.82) is 0 Å². The zero-order chi connectivity index (χ0) is 29.0. The Morgan fingerprint density at radius 1 is 0.171 bits per heavy atom. The molecule has 228 valence electrons. The molecule has 0 atom stereocenters. The second-order valence-electron chi connectivity index (χ2n) is 1.63. The van der Waals surface area contributed by atoms with Crippen LogP contribution in [-0.2, 0) is 121 Å². The minimum atomic E-state index is 0. The van der Waals surface area contributed by atoms with E-state index >= 15 is 0 Å². The summed E-state index contributed by atoms with van der Waals surface area (Å²) in [7, 11) is 0. The van der Waals surface area contributed by atoms with E-state index in [-0.39, 0.29) is 148 Å². The van der Waals surface area contributed by atoms with Crippen LogP contribution >= 0.6 is 0 Å². The van der Waals surface area contributed by atoms with E-state index in [9.17, 15) is 0 Å². The summed E-state index contributed by atoms with van der Waals surface area (Å²) in [5.74, 6) is 0. The molecule has 0 fully saturated rings. The number of hydrogen-bond donors (Lipinski definition) is 0. The summed E-state index contributed by atoms with van der Waals surface area (Å²) in [5.41, 5.74) is 0. The molecule has 0 saturated heterocycles. The van der Waals surface area contributed by atoms with Gasteiger partial charge in [0.05, 0.1) is 0 Å². The maximum absolute atomic E-state index is 8.62. The first-order valence-corrected chi connectivity index (χ1v) is 5.00. The van der Waals surface area contributed by atoms with Gasteiger partial charge in [-0.1, -0.05) is 0 Å². The third-order valence-electron chi connectivity index (χ3n) is 0.500. The molecule has 0 heterocycles. The second kappa shape index (κ2) is 104. The third kappa shape index (κ3) is 162. The molecule has 0 aliphatic carbocycles. The molecule has 0 bridgehead atoms. The van der Waals surface area contributed by atoms with Gasteiger partial charge in [-0.25, -0.2) is 0 Å². The minimum absolute atomic E-state index is 0. The van der Waals surface area contributed by atoms with Crippen LogP contribution in [0.15, 0.2) is 0 Å². The van der Waals surface area contributed by atoms with Crippen molar-refractivity contribution in [2.45, 2.75) is 0 Å². The summed E-state index contributed by atoms with van der Waals surface area (Å²) >= 11 is 0. The monoisotopic (exact) mass is 750 g/mol. The van der Waals surface area contributed by atoms with Gasteiger partial charge in [-0.3, -0.25) is 60.5 Å². The predicted octanol–water partition coefficient (Wildman–Crippen LogP) is -17.8. The third-order valence-corrected chi connectivity index (χ3v) is 0.500. The zero-order valence-electron chi connectivity index (χ0n) is 18.0. The second-order valence-corrected chi connectivity index (χ2v) is 1.63. The van der Waals surface area contributed by atoms with Gasteiger partial charge in [0.2, 0.25) is 0 Å². The van der Waals surface area contributed by atoms with E-state index in [2.05, 4.69) is 121 Å². The summed E-state index contributed by atoms with van der Waals surface area (Å²) in [6.45, 7) is 0. The van der Waals surface area contributed by atoms with E-state index in [1.165, 1.54) is 0 Å². The molecule has 41 heavy (non-hydrogen) atoms. The average Bonchev–Trinajstić information content (AvgIpc) is 2.92. The fourth-order valence-corrected chi connectivity index (χ4v) is 0.136. The van der Waals surface area contributed by atoms with Crippen molar-refractivity contribution in [3.8, 4) is 0 Å². The molecule has 0 aromatic rings. The number of rotatable bonds is 18. The molecule has 0 saturated carbocycles. The van der Waals surface area contributed by atoms with Crippen LogP contribution in [0, 0.1) is 0 Å². The summed E-state index contributed by atoms with van der Waals surface area (Å²) in [4.78, 5) is 0. The smallest absolute Gasteiger partial charge is 0.689 e. The van der Waals surface area contributed by atoms with Gasteiger partial charge in [0, 0.05) is 0 Å². The first-order valence-electron chi connectivity index (χ1n) is 5.00. The molecule has 0 rings (SSSR count). The molecule has 0 aliphatic rings. The molecule has 0 radical (unpaired) electrons. The summed E-state index contributed by atoms with van der Waals surface area (Å²) in [6, 6.07) is 0. The topological polar surface area (TPSA) is 498 Å². The van der Waals surface area contributed by atoms with E-state index in [0.717, 1.165) is 0 Å². The van der Waals surface area contributed by atoms with Crippen LogP contribution < -0.4 is 63.1 Å². The Bertz CT molecular complexity index is 161. The first kappa shape index (κ1) is 75.0. The van der Waals surface area contributed by atoms with Gasteiger partial charge in [0.1, 0.15) is 0 Å². The van der Waals surface area contributed by atoms with Crippen LogP contribution in [0.3, 0.4) is 0 Å². The van der Waals surface area contributed by atoms with E-state index < -0.39 is 0 Å². The maximum Gasteiger partial charge on any atom is 3.00 e. The zero-order valence-corrected chi connectivity index (χ0v) is 26.9. The average molecular weight is 750 g/mol. The minimum Gasteiger partial charge on any atom is -0.689 e. The van der Waals surface area contributed by atoms with Crippen LogP contribution in [-0.4, -0.2) is 148 Å². The van der Waals surface area contributed by atoms with Gasteiger partial charge in [-0.05, 0) is 60.5 Å². The fraction of sp³-hybridized carbons (Fsp3) is 0. The van der Waals surface area contributed by atoms with Crippen LogP contribution in [0.1, 0.15) is 0 Å². The first-order chi connectivity index (χ1) is 17.5. The normalized spacial score (nSPS) is 7.90. The quantitative estimate of drug-likeness (QED) is 0.0543. The van der Waals surface area contributed by atoms with E-state index in [4.69, 9.17) is 63.1 Å². The predicted molar refractivity (Wildman–Crippen MR) is 54.8 cm³/mol. The summed E-state index contributed by atoms with van der Waals surface area (Å²) in [6.07, 6.45) is 0. The SMILES string of the molecule is [Al+3].[Al+3].[Ca+2].[Ca+2].[Ca+2].[O-]OOOO[O-].[O-]OOOO[O-].[O-]OOOO[O-].[O-]OOOO[O-].[O-]OOOO[O-].[O-]OOOO[O-]. The van der Waals surface area contributed by atoms with Crippen LogP contribution in [0.5, 0.6) is 0 Å². The Kier molecular flexibility index (Phi) is 190. The Morgan fingerprint density at radius 2 is 0.220 bits per heavy atom. The number of hydrogen-bond acceptors (Lipinski definition) is 36. The molecular weight excluding hydrogens is 750 g/mol. The molecule has 0 spiro atoms. The Balaban J connectivity index is -0.0000000286. The molecule has 0 N–H and O–H groups in total. The van der Waals surface area contributed by atoms with Crippen LogP contribution in [0.4, 0.5) is 0 Å². The van der Waals surface area contributed by atoms with Gasteiger partial charge in [-0.15, -0.1) is 0 Å². The van der Waals surface area contributed by atoms with Crippen LogP contribution in [0.25, 0.3) is 0 Å². The van der Waals surface area contributed by atoms with Crippen molar-refractivity contribution in [3.63, 3.8) is 0 Å². The summed E-state index contributed by atoms with van der Waals surface area (Å²) < 4.78 is 0. The summed E-state index contributed by atoms with van der Waals surface area (Å²) in [5, 5.41) is 168. The Hall–Kier alpha value is 3.40. The molecule has 41 heteroatoms. The van der Waals surface area contributed by atoms with E-state index in [1.54, 1.807) is 0 Å². The van der Waals surface area contributed by atoms with Gasteiger partial charge >= 0.3 is 148 Å². The molecule has 0 aliphatic heterocycles. The van der Waals surface area contributed by atoms with E-state index in [1.807, 2.05) is 0 Å². The Morgan fingerprint density at radius 3 is 0.244 bits per heavy atom. The molecule has 0 aromatic heterocycles. The van der Waals surface area contributed by atoms with Gasteiger partial charge < -0.3 is 63.1 Å². The van der Waals surface area contributed by atoms with E-state index in [0.29, 0.717) is 0 Å². The van der Waals surface area contributed by atoms with Crippen molar-refractivity contribution in [2.24, 2.45) is 0 Å². The van der Waals surface area contributed by atoms with Crippen LogP contribution in [0.2, 0.25) is 0 Å². The van der Waals surface area contributed by atoms with Gasteiger partial charge in [0.25, 0.3) is 0 Å². The van der Waals surface area contributed by atoms with Crippen molar-refractivity contribution in [1.82, 2.24) is 0 Å². The Labute approximate surface area is 328 Å². The fourth-order valence-electron chi connectivity index (χ4n) is 0.136. The van der Waals surface area contributed by atoms with Gasteiger partial charge in [-0.2, -0.15) is 0 Å². The molecule has 0 aromatic carbocycles. The van der Waals surface area contributed by atoms with Crippen molar-refractivity contribution in [3.05, 3.63) is 0 Å². The molecular formula is Al2Ca3O36. The standard InChI is InChI=1S/2Al.3Ca.6H2O6/c;;;;;6*1-3-5-6-4-2/h;;;;;6*1-2H/q2*+3;3*+2;;;;;;/p-12. The molecule has 0 amide bonds. The van der Waals surface area contributed by atoms with Gasteiger partial charge in [0.15, 0.2) is 0 Å². The largest absolute Gasteiger partial charge is 3.00 e.